The first-order valence-corrected chi connectivity index (χ1v) is 7.82. The number of rotatable bonds is 11. The zero-order valence-electron chi connectivity index (χ0n) is 12.4. The van der Waals surface area contributed by atoms with Crippen LogP contribution in [0, 0.1) is 0 Å². The van der Waals surface area contributed by atoms with Crippen LogP contribution in [0.25, 0.3) is 0 Å². The Morgan fingerprint density at radius 3 is 1.35 bits per heavy atom. The monoisotopic (exact) mass is 280 g/mol. The van der Waals surface area contributed by atoms with E-state index in [0.717, 1.165) is 65.2 Å². The van der Waals surface area contributed by atoms with Gasteiger partial charge in [-0.15, -0.1) is 0 Å². The summed E-state index contributed by atoms with van der Waals surface area (Å²) < 4.78 is 0. The highest BCUT2D eigenvalue weighted by Gasteiger charge is 2.20. The molecule has 0 amide bonds. The van der Waals surface area contributed by atoms with Crippen LogP contribution in [0.2, 0.25) is 0 Å². The minimum atomic E-state index is 0.760. The molecule has 6 nitrogen and oxygen atoms in total. The van der Waals surface area contributed by atoms with Crippen LogP contribution in [-0.4, -0.2) is 73.8 Å². The van der Waals surface area contributed by atoms with Crippen molar-refractivity contribution >= 4 is 11.7 Å². The summed E-state index contributed by atoms with van der Waals surface area (Å²) in [5.41, 5.74) is 11.2. The molecule has 2 aliphatic heterocycles. The first-order valence-electron chi connectivity index (χ1n) is 7.82. The summed E-state index contributed by atoms with van der Waals surface area (Å²) in [5, 5.41) is 0. The molecule has 2 aliphatic rings. The topological polar surface area (TPSA) is 83.2 Å². The van der Waals surface area contributed by atoms with Gasteiger partial charge in [0.05, 0.1) is 13.1 Å². The highest BCUT2D eigenvalue weighted by atomic mass is 15.3. The number of hydrogen-bond donors (Lipinski definition) is 2. The van der Waals surface area contributed by atoms with E-state index in [1.165, 1.54) is 24.5 Å². The average Bonchev–Trinajstić information content (AvgIpc) is 3.31. The Kier molecular flexibility index (Phi) is 6.26. The van der Waals surface area contributed by atoms with E-state index in [0.29, 0.717) is 0 Å². The van der Waals surface area contributed by atoms with E-state index in [4.69, 9.17) is 11.5 Å². The van der Waals surface area contributed by atoms with E-state index in [2.05, 4.69) is 19.8 Å². The van der Waals surface area contributed by atoms with Crippen molar-refractivity contribution in [3.8, 4) is 0 Å². The summed E-state index contributed by atoms with van der Waals surface area (Å²) in [5.74, 6) is 2.54. The summed E-state index contributed by atoms with van der Waals surface area (Å²) in [6, 6.07) is 0. The molecule has 0 spiro atoms. The van der Waals surface area contributed by atoms with Gasteiger partial charge in [-0.2, -0.15) is 0 Å². The third kappa shape index (κ3) is 5.46. The van der Waals surface area contributed by atoms with Crippen molar-refractivity contribution in [2.24, 2.45) is 21.5 Å². The number of aliphatic imine (C=N–C) groups is 2. The Bertz CT molecular complexity index is 318. The van der Waals surface area contributed by atoms with Crippen LogP contribution in [0.5, 0.6) is 0 Å². The first kappa shape index (κ1) is 15.3. The molecule has 6 heteroatoms. The van der Waals surface area contributed by atoms with Gasteiger partial charge in [0.2, 0.25) is 0 Å². The zero-order valence-corrected chi connectivity index (χ0v) is 12.4. The SMILES string of the molecule is NCCCN(CCCCN(CCCN)C1=NC1)C1=NC1. The quantitative estimate of drug-likeness (QED) is 0.517. The van der Waals surface area contributed by atoms with Gasteiger partial charge in [0.25, 0.3) is 0 Å². The Morgan fingerprint density at radius 2 is 1.05 bits per heavy atom. The van der Waals surface area contributed by atoms with Crippen molar-refractivity contribution in [3.63, 3.8) is 0 Å². The van der Waals surface area contributed by atoms with Crippen LogP contribution in [0.4, 0.5) is 0 Å². The highest BCUT2D eigenvalue weighted by Crippen LogP contribution is 2.10. The first-order chi connectivity index (χ1) is 9.85. The van der Waals surface area contributed by atoms with Gasteiger partial charge in [-0.25, -0.2) is 0 Å². The Hall–Kier alpha value is -1.14. The Labute approximate surface area is 121 Å². The van der Waals surface area contributed by atoms with Gasteiger partial charge in [-0.05, 0) is 38.8 Å². The van der Waals surface area contributed by atoms with Gasteiger partial charge in [0, 0.05) is 26.2 Å². The van der Waals surface area contributed by atoms with E-state index in [-0.39, 0.29) is 0 Å². The maximum atomic E-state index is 5.58. The van der Waals surface area contributed by atoms with Gasteiger partial charge in [-0.1, -0.05) is 0 Å². The largest absolute Gasteiger partial charge is 0.359 e. The second-order valence-electron chi connectivity index (χ2n) is 5.43. The summed E-state index contributed by atoms with van der Waals surface area (Å²) in [7, 11) is 0. The molecule has 2 heterocycles. The van der Waals surface area contributed by atoms with Gasteiger partial charge in [0.1, 0.15) is 11.7 Å². The van der Waals surface area contributed by atoms with Gasteiger partial charge >= 0.3 is 0 Å². The van der Waals surface area contributed by atoms with Crippen molar-refractivity contribution < 1.29 is 0 Å². The second kappa shape index (κ2) is 8.21. The number of hydrogen-bond acceptors (Lipinski definition) is 6. The molecular formula is C14H28N6. The smallest absolute Gasteiger partial charge is 0.121 e. The number of nitrogens with zero attached hydrogens (tertiary/aromatic N) is 4. The fraction of sp³-hybridized carbons (Fsp3) is 0.857. The molecule has 20 heavy (non-hydrogen) atoms. The zero-order chi connectivity index (χ0) is 14.2. The second-order valence-corrected chi connectivity index (χ2v) is 5.43. The molecule has 2 rings (SSSR count). The highest BCUT2D eigenvalue weighted by molar-refractivity contribution is 5.95. The molecule has 0 aliphatic carbocycles. The number of amidine groups is 2. The molecule has 0 aromatic heterocycles. The summed E-state index contributed by atoms with van der Waals surface area (Å²) in [6.07, 6.45) is 4.52. The van der Waals surface area contributed by atoms with E-state index in [1.54, 1.807) is 0 Å². The third-order valence-corrected chi connectivity index (χ3v) is 3.70. The van der Waals surface area contributed by atoms with E-state index >= 15 is 0 Å². The van der Waals surface area contributed by atoms with Crippen LogP contribution in [-0.2, 0) is 0 Å². The van der Waals surface area contributed by atoms with Crippen LogP contribution in [0.3, 0.4) is 0 Å². The molecule has 0 saturated carbocycles. The fourth-order valence-corrected chi connectivity index (χ4v) is 2.38. The van der Waals surface area contributed by atoms with Crippen LogP contribution >= 0.6 is 0 Å². The molecule has 0 radical (unpaired) electrons. The van der Waals surface area contributed by atoms with Crippen molar-refractivity contribution in [1.82, 2.24) is 9.80 Å². The predicted molar refractivity (Wildman–Crippen MR) is 84.3 cm³/mol. The van der Waals surface area contributed by atoms with Crippen LogP contribution < -0.4 is 11.5 Å². The van der Waals surface area contributed by atoms with E-state index < -0.39 is 0 Å². The Balaban J connectivity index is 1.59. The molecule has 114 valence electrons. The molecular weight excluding hydrogens is 252 g/mol. The minimum Gasteiger partial charge on any atom is -0.359 e. The lowest BCUT2D eigenvalue weighted by Gasteiger charge is -2.22. The maximum Gasteiger partial charge on any atom is 0.121 e. The molecule has 0 unspecified atom stereocenters. The predicted octanol–water partition coefficient (Wildman–Crippen LogP) is -0.108. The standard InChI is InChI=1S/C14H28N6/c15-5-3-9-19(13-11-17-13)7-1-2-8-20(10-4-6-16)14-12-18-14/h1-12,15-16H2. The van der Waals surface area contributed by atoms with Crippen molar-refractivity contribution in [1.29, 1.82) is 0 Å². The van der Waals surface area contributed by atoms with Crippen molar-refractivity contribution in [2.75, 3.05) is 52.4 Å². The molecule has 0 aromatic rings. The molecule has 0 saturated heterocycles. The van der Waals surface area contributed by atoms with Gasteiger partial charge < -0.3 is 21.3 Å². The summed E-state index contributed by atoms with van der Waals surface area (Å²) in [6.45, 7) is 7.71. The van der Waals surface area contributed by atoms with Gasteiger partial charge in [-0.3, -0.25) is 9.98 Å². The molecule has 0 bridgehead atoms. The van der Waals surface area contributed by atoms with Crippen LogP contribution in [0.15, 0.2) is 9.98 Å². The van der Waals surface area contributed by atoms with Gasteiger partial charge in [0.15, 0.2) is 0 Å². The van der Waals surface area contributed by atoms with Crippen molar-refractivity contribution in [3.05, 3.63) is 0 Å². The number of unbranched alkanes of at least 4 members (excludes halogenated alkanes) is 1. The maximum absolute atomic E-state index is 5.58. The van der Waals surface area contributed by atoms with E-state index in [1.807, 2.05) is 0 Å². The minimum absolute atomic E-state index is 0.760. The van der Waals surface area contributed by atoms with E-state index in [9.17, 15) is 0 Å². The molecule has 0 aromatic carbocycles. The van der Waals surface area contributed by atoms with Crippen LogP contribution in [0.1, 0.15) is 25.7 Å². The third-order valence-electron chi connectivity index (χ3n) is 3.70. The summed E-state index contributed by atoms with van der Waals surface area (Å²) in [4.78, 5) is 13.4. The molecule has 0 fully saturated rings. The lowest BCUT2D eigenvalue weighted by Crippen LogP contribution is -2.32. The number of nitrogens with two attached hydrogens (primary N) is 2. The molecule has 4 N–H and O–H groups in total. The Morgan fingerprint density at radius 1 is 0.700 bits per heavy atom. The van der Waals surface area contributed by atoms with Crippen molar-refractivity contribution in [2.45, 2.75) is 25.7 Å². The summed E-state index contributed by atoms with van der Waals surface area (Å²) >= 11 is 0. The lowest BCUT2D eigenvalue weighted by atomic mass is 10.2. The normalized spacial score (nSPS) is 15.7. The fourth-order valence-electron chi connectivity index (χ4n) is 2.38. The lowest BCUT2D eigenvalue weighted by molar-refractivity contribution is 0.368. The molecule has 0 atom stereocenters. The average molecular weight is 280 g/mol.